The van der Waals surface area contributed by atoms with Gasteiger partial charge in [-0.3, -0.25) is 0 Å². The quantitative estimate of drug-likeness (QED) is 0.581. The maximum absolute atomic E-state index is 8.84. The van der Waals surface area contributed by atoms with E-state index in [1.165, 1.54) is 0 Å². The van der Waals surface area contributed by atoms with Crippen LogP contribution in [0.4, 0.5) is 0 Å². The number of alkyl halides is 3. The van der Waals surface area contributed by atoms with E-state index >= 15 is 0 Å². The Bertz CT molecular complexity index is 281. The third-order valence-electron chi connectivity index (χ3n) is 1.54. The van der Waals surface area contributed by atoms with E-state index in [-0.39, 0.29) is 0 Å². The maximum atomic E-state index is 8.84. The molecule has 6 heteroatoms. The van der Waals surface area contributed by atoms with Crippen molar-refractivity contribution in [3.63, 3.8) is 0 Å². The number of hydrogen-bond acceptors (Lipinski definition) is 2. The van der Waals surface area contributed by atoms with Gasteiger partial charge in [0.2, 0.25) is 0 Å². The van der Waals surface area contributed by atoms with E-state index in [0.717, 1.165) is 5.56 Å². The van der Waals surface area contributed by atoms with Crippen molar-refractivity contribution in [1.82, 2.24) is 0 Å². The molecule has 0 aromatic heterocycles. The maximum Gasteiger partial charge on any atom is 0.488 e. The van der Waals surface area contributed by atoms with Crippen molar-refractivity contribution in [2.45, 2.75) is 2.14 Å². The first-order chi connectivity index (χ1) is 5.91. The first kappa shape index (κ1) is 11.7. The molecule has 70 valence electrons. The highest BCUT2D eigenvalue weighted by Crippen LogP contribution is 2.43. The molecular weight excluding hydrogens is 367 g/mol. The van der Waals surface area contributed by atoms with Crippen LogP contribution >= 0.6 is 47.8 Å². The molecule has 1 aromatic carbocycles. The molecule has 0 saturated carbocycles. The molecule has 2 N–H and O–H groups in total. The van der Waals surface area contributed by atoms with Gasteiger partial charge in [-0.05, 0) is 11.0 Å². The topological polar surface area (TPSA) is 40.5 Å². The molecule has 0 radical (unpaired) electrons. The van der Waals surface area contributed by atoms with Gasteiger partial charge in [-0.2, -0.15) is 0 Å². The second-order valence-electron chi connectivity index (χ2n) is 2.49. The zero-order chi connectivity index (χ0) is 10.1. The minimum atomic E-state index is -1.41. The first-order valence-electron chi connectivity index (χ1n) is 3.44. The largest absolute Gasteiger partial charge is 0.488 e. The van der Waals surface area contributed by atoms with Gasteiger partial charge in [0.1, 0.15) is 0 Å². The summed E-state index contributed by atoms with van der Waals surface area (Å²) in [4.78, 5) is 0. The molecule has 0 spiro atoms. The monoisotopic (exact) mass is 370 g/mol. The van der Waals surface area contributed by atoms with Crippen LogP contribution in [0.1, 0.15) is 5.56 Å². The fourth-order valence-electron chi connectivity index (χ4n) is 0.844. The zero-order valence-corrected chi connectivity index (χ0v) is 11.2. The summed E-state index contributed by atoms with van der Waals surface area (Å²) in [5.41, 5.74) is 1.41. The van der Waals surface area contributed by atoms with E-state index < -0.39 is 9.26 Å². The molecule has 1 rings (SSSR count). The van der Waals surface area contributed by atoms with Gasteiger partial charge >= 0.3 is 7.12 Å². The molecule has 13 heavy (non-hydrogen) atoms. The van der Waals surface area contributed by atoms with Crippen molar-refractivity contribution in [2.24, 2.45) is 0 Å². The van der Waals surface area contributed by atoms with E-state index in [1.807, 2.05) is 0 Å². The lowest BCUT2D eigenvalue weighted by atomic mass is 9.80. The van der Waals surface area contributed by atoms with Gasteiger partial charge in [0, 0.05) is 0 Å². The second kappa shape index (κ2) is 4.44. The standard InChI is InChI=1S/C7H6BBr3O2/c9-7(10,11)5-1-3-6(4-2-5)8(12)13/h1-4,12-13H. The summed E-state index contributed by atoms with van der Waals surface area (Å²) in [6.07, 6.45) is 0. The second-order valence-corrected chi connectivity index (χ2v) is 9.25. The van der Waals surface area contributed by atoms with Gasteiger partial charge in [-0.1, -0.05) is 72.1 Å². The summed E-state index contributed by atoms with van der Waals surface area (Å²) in [7, 11) is -1.41. The van der Waals surface area contributed by atoms with Gasteiger partial charge in [0.25, 0.3) is 0 Å². The average molecular weight is 373 g/mol. The molecule has 0 bridgehead atoms. The smallest absolute Gasteiger partial charge is 0.423 e. The highest BCUT2D eigenvalue weighted by atomic mass is 80.0. The number of benzene rings is 1. The van der Waals surface area contributed by atoms with E-state index in [1.54, 1.807) is 24.3 Å². The number of rotatable bonds is 1. The zero-order valence-electron chi connectivity index (χ0n) is 6.42. The summed E-state index contributed by atoms with van der Waals surface area (Å²) < 4.78 is -0.452. The molecule has 1 aromatic rings. The van der Waals surface area contributed by atoms with Crippen LogP contribution in [-0.4, -0.2) is 17.2 Å². The van der Waals surface area contributed by atoms with Crippen molar-refractivity contribution in [1.29, 1.82) is 0 Å². The Morgan fingerprint density at radius 3 is 1.77 bits per heavy atom. The molecule has 0 atom stereocenters. The highest BCUT2D eigenvalue weighted by molar-refractivity contribution is 9.38. The van der Waals surface area contributed by atoms with E-state index in [4.69, 9.17) is 10.0 Å². The van der Waals surface area contributed by atoms with Gasteiger partial charge < -0.3 is 10.0 Å². The minimum Gasteiger partial charge on any atom is -0.423 e. The van der Waals surface area contributed by atoms with Crippen molar-refractivity contribution in [3.8, 4) is 0 Å². The molecule has 2 nitrogen and oxygen atoms in total. The van der Waals surface area contributed by atoms with Crippen LogP contribution in [0, 0.1) is 0 Å². The average Bonchev–Trinajstić information content (AvgIpc) is 2.03. The first-order valence-corrected chi connectivity index (χ1v) is 5.82. The SMILES string of the molecule is OB(O)c1ccc(C(Br)(Br)Br)cc1. The van der Waals surface area contributed by atoms with Crippen molar-refractivity contribution >= 4 is 60.4 Å². The Hall–Kier alpha value is 0.645. The third kappa shape index (κ3) is 3.36. The molecule has 0 saturated heterocycles. The predicted molar refractivity (Wildman–Crippen MR) is 64.7 cm³/mol. The Labute approximate surface area is 102 Å². The molecule has 0 aliphatic carbocycles. The molecule has 0 fully saturated rings. The van der Waals surface area contributed by atoms with E-state index in [2.05, 4.69) is 47.8 Å². The van der Waals surface area contributed by atoms with E-state index in [0.29, 0.717) is 5.46 Å². The lowest BCUT2D eigenvalue weighted by molar-refractivity contribution is 0.426. The van der Waals surface area contributed by atoms with Crippen molar-refractivity contribution in [2.75, 3.05) is 0 Å². The van der Waals surface area contributed by atoms with Gasteiger partial charge in [-0.25, -0.2) is 0 Å². The molecular formula is C7H6BBr3O2. The lowest BCUT2D eigenvalue weighted by Gasteiger charge is -2.12. The number of hydrogen-bond donors (Lipinski definition) is 2. The Kier molecular flexibility index (Phi) is 4.01. The fourth-order valence-corrected chi connectivity index (χ4v) is 1.64. The molecule has 0 aliphatic heterocycles. The highest BCUT2D eigenvalue weighted by Gasteiger charge is 2.21. The summed E-state index contributed by atoms with van der Waals surface area (Å²) in [5.74, 6) is 0. The summed E-state index contributed by atoms with van der Waals surface area (Å²) in [5, 5.41) is 17.7. The lowest BCUT2D eigenvalue weighted by Crippen LogP contribution is -2.29. The molecule has 0 heterocycles. The van der Waals surface area contributed by atoms with Crippen LogP contribution in [0.5, 0.6) is 0 Å². The van der Waals surface area contributed by atoms with Crippen LogP contribution < -0.4 is 5.46 Å². The Balaban J connectivity index is 2.94. The summed E-state index contributed by atoms with van der Waals surface area (Å²) >= 11 is 10.1. The summed E-state index contributed by atoms with van der Waals surface area (Å²) in [6.45, 7) is 0. The van der Waals surface area contributed by atoms with Crippen LogP contribution in [0.15, 0.2) is 24.3 Å². The van der Waals surface area contributed by atoms with Gasteiger partial charge in [-0.15, -0.1) is 0 Å². The Morgan fingerprint density at radius 1 is 1.00 bits per heavy atom. The van der Waals surface area contributed by atoms with Crippen LogP contribution in [0.3, 0.4) is 0 Å². The van der Waals surface area contributed by atoms with Gasteiger partial charge in [0.15, 0.2) is 2.14 Å². The predicted octanol–water partition coefficient (Wildman–Crippen LogP) is 1.66. The van der Waals surface area contributed by atoms with Crippen molar-refractivity contribution < 1.29 is 10.0 Å². The fraction of sp³-hybridized carbons (Fsp3) is 0.143. The van der Waals surface area contributed by atoms with Gasteiger partial charge in [0.05, 0.1) is 0 Å². The van der Waals surface area contributed by atoms with Crippen LogP contribution in [0.25, 0.3) is 0 Å². The molecule has 0 amide bonds. The van der Waals surface area contributed by atoms with Crippen LogP contribution in [0.2, 0.25) is 0 Å². The Morgan fingerprint density at radius 2 is 1.46 bits per heavy atom. The third-order valence-corrected chi connectivity index (χ3v) is 2.91. The normalized spacial score (nSPS) is 11.5. The summed E-state index contributed by atoms with van der Waals surface area (Å²) in [6, 6.07) is 6.87. The number of halogens is 3. The minimum absolute atomic E-state index is 0.452. The molecule has 0 aliphatic rings. The van der Waals surface area contributed by atoms with Crippen molar-refractivity contribution in [3.05, 3.63) is 29.8 Å². The van der Waals surface area contributed by atoms with E-state index in [9.17, 15) is 0 Å². The molecule has 0 unspecified atom stereocenters. The van der Waals surface area contributed by atoms with Crippen LogP contribution in [-0.2, 0) is 2.14 Å².